The van der Waals surface area contributed by atoms with Gasteiger partial charge in [0, 0.05) is 18.6 Å². The number of nitrogens with one attached hydrogen (secondary N) is 3. The monoisotopic (exact) mass is 525 g/mol. The maximum Gasteiger partial charge on any atom is 0.326 e. The highest BCUT2D eigenvalue weighted by molar-refractivity contribution is 7.80. The molecule has 4 atom stereocenters. The van der Waals surface area contributed by atoms with Crippen molar-refractivity contribution in [3.8, 4) is 0 Å². The molecule has 4 unspecified atom stereocenters. The molecule has 0 spiro atoms. The predicted octanol–water partition coefficient (Wildman–Crippen LogP) is -0.981. The lowest BCUT2D eigenvalue weighted by Gasteiger charge is -2.25. The molecule has 1 aromatic carbocycles. The van der Waals surface area contributed by atoms with E-state index in [0.717, 1.165) is 0 Å². The van der Waals surface area contributed by atoms with E-state index in [4.69, 9.17) is 16.6 Å². The fourth-order valence-electron chi connectivity index (χ4n) is 3.25. The first kappa shape index (κ1) is 30.9. The number of thiol groups is 1. The van der Waals surface area contributed by atoms with Crippen molar-refractivity contribution in [3.05, 3.63) is 35.9 Å². The van der Waals surface area contributed by atoms with E-state index in [0.29, 0.717) is 24.9 Å². The van der Waals surface area contributed by atoms with Crippen molar-refractivity contribution in [2.24, 2.45) is 11.5 Å². The molecule has 9 N–H and O–H groups in total. The molecule has 0 bridgehead atoms. The SMILES string of the molecule is NCCCCC(NC(=O)C(N)CS)C(=O)NC(CCC(=O)O)C(=O)NC(Cc1ccccc1)C(=O)O. The summed E-state index contributed by atoms with van der Waals surface area (Å²) in [5.74, 6) is -4.64. The number of rotatable bonds is 17. The summed E-state index contributed by atoms with van der Waals surface area (Å²) in [5.41, 5.74) is 11.8. The number of carbonyl (C=O) groups is 5. The standard InChI is InChI=1S/C23H35N5O7S/c24-11-5-4-8-16(26-20(31)15(25)13-36)21(32)27-17(9-10-19(29)30)22(33)28-18(23(34)35)12-14-6-2-1-3-7-14/h1-3,6-7,15-18,36H,4-5,8-13,24-25H2,(H,26,31)(H,27,32)(H,28,33)(H,29,30)(H,34,35). The minimum absolute atomic E-state index is 0.0130. The molecule has 0 heterocycles. The number of carboxylic acids is 2. The Balaban J connectivity index is 3.01. The van der Waals surface area contributed by atoms with Crippen LogP contribution >= 0.6 is 12.6 Å². The summed E-state index contributed by atoms with van der Waals surface area (Å²) < 4.78 is 0. The van der Waals surface area contributed by atoms with Crippen molar-refractivity contribution in [2.45, 2.75) is 62.7 Å². The zero-order valence-corrected chi connectivity index (χ0v) is 20.8. The van der Waals surface area contributed by atoms with Gasteiger partial charge in [0.25, 0.3) is 0 Å². The van der Waals surface area contributed by atoms with Gasteiger partial charge < -0.3 is 37.6 Å². The predicted molar refractivity (Wildman–Crippen MR) is 135 cm³/mol. The van der Waals surface area contributed by atoms with E-state index < -0.39 is 60.2 Å². The Morgan fingerprint density at radius 1 is 0.833 bits per heavy atom. The summed E-state index contributed by atoms with van der Waals surface area (Å²) in [5, 5.41) is 26.0. The molecule has 1 rings (SSSR count). The van der Waals surface area contributed by atoms with E-state index in [2.05, 4.69) is 28.6 Å². The minimum Gasteiger partial charge on any atom is -0.481 e. The van der Waals surface area contributed by atoms with Gasteiger partial charge in [0.1, 0.15) is 18.1 Å². The zero-order chi connectivity index (χ0) is 27.1. The van der Waals surface area contributed by atoms with E-state index in [1.54, 1.807) is 30.3 Å². The van der Waals surface area contributed by atoms with Crippen LogP contribution in [0.5, 0.6) is 0 Å². The molecule has 0 aromatic heterocycles. The van der Waals surface area contributed by atoms with Crippen LogP contribution in [0.25, 0.3) is 0 Å². The minimum atomic E-state index is -1.35. The van der Waals surface area contributed by atoms with Gasteiger partial charge >= 0.3 is 11.9 Å². The highest BCUT2D eigenvalue weighted by Gasteiger charge is 2.30. The van der Waals surface area contributed by atoms with Gasteiger partial charge in [-0.1, -0.05) is 30.3 Å². The van der Waals surface area contributed by atoms with Crippen LogP contribution in [0.15, 0.2) is 30.3 Å². The number of nitrogens with two attached hydrogens (primary N) is 2. The van der Waals surface area contributed by atoms with Crippen molar-refractivity contribution in [1.29, 1.82) is 0 Å². The first-order valence-electron chi connectivity index (χ1n) is 11.5. The van der Waals surface area contributed by atoms with Crippen molar-refractivity contribution >= 4 is 42.3 Å². The Morgan fingerprint density at radius 3 is 1.92 bits per heavy atom. The summed E-state index contributed by atoms with van der Waals surface area (Å²) in [6, 6.07) is 3.95. The fraction of sp³-hybridized carbons (Fsp3) is 0.522. The van der Waals surface area contributed by atoms with Crippen molar-refractivity contribution in [3.63, 3.8) is 0 Å². The molecule has 1 aromatic rings. The molecule has 13 heteroatoms. The van der Waals surface area contributed by atoms with Gasteiger partial charge in [-0.05, 0) is 37.8 Å². The smallest absolute Gasteiger partial charge is 0.326 e. The summed E-state index contributed by atoms with van der Waals surface area (Å²) in [4.78, 5) is 61.0. The Hall–Kier alpha value is -3.16. The zero-order valence-electron chi connectivity index (χ0n) is 19.9. The quantitative estimate of drug-likeness (QED) is 0.0925. The Bertz CT molecular complexity index is 887. The number of aliphatic carboxylic acids is 2. The number of carboxylic acid groups (broad SMARTS) is 2. The fourth-order valence-corrected chi connectivity index (χ4v) is 3.42. The Morgan fingerprint density at radius 2 is 1.39 bits per heavy atom. The van der Waals surface area contributed by atoms with Crippen LogP contribution in [-0.4, -0.2) is 76.3 Å². The van der Waals surface area contributed by atoms with Gasteiger partial charge in [0.2, 0.25) is 17.7 Å². The summed E-state index contributed by atoms with van der Waals surface area (Å²) in [7, 11) is 0. The molecule has 0 radical (unpaired) electrons. The third-order valence-corrected chi connectivity index (χ3v) is 5.68. The lowest BCUT2D eigenvalue weighted by atomic mass is 10.0. The third-order valence-electron chi connectivity index (χ3n) is 5.29. The van der Waals surface area contributed by atoms with Crippen LogP contribution in [0.2, 0.25) is 0 Å². The van der Waals surface area contributed by atoms with Crippen molar-refractivity contribution in [2.75, 3.05) is 12.3 Å². The summed E-state index contributed by atoms with van der Waals surface area (Å²) in [6.07, 6.45) is 0.526. The van der Waals surface area contributed by atoms with E-state index in [-0.39, 0.29) is 25.0 Å². The molecule has 200 valence electrons. The van der Waals surface area contributed by atoms with Crippen LogP contribution in [0.4, 0.5) is 0 Å². The number of amides is 3. The molecule has 0 fully saturated rings. The molecule has 0 saturated carbocycles. The molecule has 0 saturated heterocycles. The van der Waals surface area contributed by atoms with Crippen LogP contribution < -0.4 is 27.4 Å². The highest BCUT2D eigenvalue weighted by atomic mass is 32.1. The van der Waals surface area contributed by atoms with Gasteiger partial charge in [-0.25, -0.2) is 4.79 Å². The van der Waals surface area contributed by atoms with Gasteiger partial charge in [0.15, 0.2) is 0 Å². The lowest BCUT2D eigenvalue weighted by molar-refractivity contribution is -0.143. The van der Waals surface area contributed by atoms with E-state index in [1.807, 2.05) is 0 Å². The van der Waals surface area contributed by atoms with Gasteiger partial charge in [-0.3, -0.25) is 19.2 Å². The highest BCUT2D eigenvalue weighted by Crippen LogP contribution is 2.07. The maximum absolute atomic E-state index is 13.0. The van der Waals surface area contributed by atoms with Crippen LogP contribution in [-0.2, 0) is 30.4 Å². The van der Waals surface area contributed by atoms with Gasteiger partial charge in [0.05, 0.1) is 6.04 Å². The molecule has 12 nitrogen and oxygen atoms in total. The molecule has 36 heavy (non-hydrogen) atoms. The number of hydrogen-bond donors (Lipinski definition) is 8. The largest absolute Gasteiger partial charge is 0.481 e. The van der Waals surface area contributed by atoms with Gasteiger partial charge in [-0.15, -0.1) is 0 Å². The van der Waals surface area contributed by atoms with E-state index in [1.165, 1.54) is 0 Å². The maximum atomic E-state index is 13.0. The molecule has 0 aliphatic heterocycles. The van der Waals surface area contributed by atoms with Gasteiger partial charge in [-0.2, -0.15) is 12.6 Å². The summed E-state index contributed by atoms with van der Waals surface area (Å²) >= 11 is 3.97. The molecule has 3 amide bonds. The summed E-state index contributed by atoms with van der Waals surface area (Å²) in [6.45, 7) is 0.375. The topological polar surface area (TPSA) is 214 Å². The number of carbonyl (C=O) groups excluding carboxylic acids is 3. The molecular weight excluding hydrogens is 490 g/mol. The van der Waals surface area contributed by atoms with Crippen molar-refractivity contribution < 1.29 is 34.2 Å². The molecule has 0 aliphatic carbocycles. The number of hydrogen-bond acceptors (Lipinski definition) is 8. The number of unbranched alkanes of at least 4 members (excludes halogenated alkanes) is 1. The van der Waals surface area contributed by atoms with Crippen LogP contribution in [0, 0.1) is 0 Å². The average molecular weight is 526 g/mol. The molecular formula is C23H35N5O7S. The van der Waals surface area contributed by atoms with E-state index >= 15 is 0 Å². The lowest BCUT2D eigenvalue weighted by Crippen LogP contribution is -2.57. The second-order valence-corrected chi connectivity index (χ2v) is 8.58. The first-order valence-corrected chi connectivity index (χ1v) is 12.2. The van der Waals surface area contributed by atoms with Crippen LogP contribution in [0.3, 0.4) is 0 Å². The van der Waals surface area contributed by atoms with E-state index in [9.17, 15) is 29.1 Å². The first-order chi connectivity index (χ1) is 17.1. The Labute approximate surface area is 215 Å². The second kappa shape index (κ2) is 16.5. The normalized spacial score (nSPS) is 14.1. The number of benzene rings is 1. The molecule has 0 aliphatic rings. The van der Waals surface area contributed by atoms with Crippen LogP contribution in [0.1, 0.15) is 37.7 Å². The average Bonchev–Trinajstić information content (AvgIpc) is 2.85. The second-order valence-electron chi connectivity index (χ2n) is 8.22. The Kier molecular flexibility index (Phi) is 14.1. The van der Waals surface area contributed by atoms with Crippen molar-refractivity contribution in [1.82, 2.24) is 16.0 Å². The third kappa shape index (κ3) is 11.5.